The second-order valence-corrected chi connectivity index (χ2v) is 9.14. The molecule has 0 aromatic heterocycles. The highest BCUT2D eigenvalue weighted by atomic mass is 79.9. The highest BCUT2D eigenvalue weighted by molar-refractivity contribution is 9.10. The van der Waals surface area contributed by atoms with Crippen LogP contribution in [0, 0.1) is 17.7 Å². The number of rotatable bonds is 7. The molecule has 0 spiro atoms. The maximum Gasteiger partial charge on any atom is 0.123 e. The van der Waals surface area contributed by atoms with Gasteiger partial charge in [-0.25, -0.2) is 4.39 Å². The van der Waals surface area contributed by atoms with Crippen LogP contribution >= 0.6 is 15.9 Å². The first-order valence-electron chi connectivity index (χ1n) is 10.5. The van der Waals surface area contributed by atoms with Gasteiger partial charge in [-0.3, -0.25) is 0 Å². The smallest absolute Gasteiger partial charge is 0.123 e. The van der Waals surface area contributed by atoms with Gasteiger partial charge in [0.1, 0.15) is 5.82 Å². The normalized spacial score (nSPS) is 25.5. The average molecular weight is 425 g/mol. The molecule has 146 valence electrons. The third-order valence-corrected chi connectivity index (χ3v) is 7.19. The standard InChI is InChI=1S/C22H34BrFN2/c1-2-25-21-6-3-17(4-7-21)9-12-26-13-10-18(11-14-26)15-19-16-20(24)5-8-22(19)23/h5,8,16-18,21,25H,2-4,6-7,9-15H2,1H3/t17-,21-. The molecule has 1 aromatic carbocycles. The number of hydrogen-bond acceptors (Lipinski definition) is 2. The van der Waals surface area contributed by atoms with E-state index < -0.39 is 0 Å². The van der Waals surface area contributed by atoms with Gasteiger partial charge in [0, 0.05) is 10.5 Å². The van der Waals surface area contributed by atoms with Crippen LogP contribution in [0.1, 0.15) is 57.4 Å². The molecule has 0 unspecified atom stereocenters. The lowest BCUT2D eigenvalue weighted by Crippen LogP contribution is -2.37. The van der Waals surface area contributed by atoms with E-state index in [0.29, 0.717) is 5.92 Å². The highest BCUT2D eigenvalue weighted by Crippen LogP contribution is 2.29. The van der Waals surface area contributed by atoms with E-state index in [2.05, 4.69) is 33.1 Å². The van der Waals surface area contributed by atoms with Gasteiger partial charge >= 0.3 is 0 Å². The van der Waals surface area contributed by atoms with Crippen molar-refractivity contribution >= 4 is 15.9 Å². The van der Waals surface area contributed by atoms with Crippen molar-refractivity contribution in [2.75, 3.05) is 26.2 Å². The summed E-state index contributed by atoms with van der Waals surface area (Å²) in [5.74, 6) is 1.51. The van der Waals surface area contributed by atoms with Crippen molar-refractivity contribution in [2.24, 2.45) is 11.8 Å². The Labute approximate surface area is 167 Å². The molecule has 2 aliphatic rings. The maximum absolute atomic E-state index is 13.5. The summed E-state index contributed by atoms with van der Waals surface area (Å²) in [6.45, 7) is 7.01. The van der Waals surface area contributed by atoms with Crippen molar-refractivity contribution in [3.8, 4) is 0 Å². The summed E-state index contributed by atoms with van der Waals surface area (Å²) < 4.78 is 14.5. The molecule has 1 N–H and O–H groups in total. The Morgan fingerprint density at radius 1 is 1.08 bits per heavy atom. The van der Waals surface area contributed by atoms with Gasteiger partial charge in [0.2, 0.25) is 0 Å². The molecule has 0 amide bonds. The fourth-order valence-electron chi connectivity index (χ4n) is 4.73. The van der Waals surface area contributed by atoms with Crippen LogP contribution in [0.15, 0.2) is 22.7 Å². The van der Waals surface area contributed by atoms with Crippen LogP contribution < -0.4 is 5.32 Å². The summed E-state index contributed by atoms with van der Waals surface area (Å²) in [6, 6.07) is 5.83. The summed E-state index contributed by atoms with van der Waals surface area (Å²) in [7, 11) is 0. The zero-order valence-electron chi connectivity index (χ0n) is 16.2. The molecule has 1 saturated heterocycles. The van der Waals surface area contributed by atoms with Crippen LogP contribution in [0.25, 0.3) is 0 Å². The number of benzene rings is 1. The highest BCUT2D eigenvalue weighted by Gasteiger charge is 2.23. The van der Waals surface area contributed by atoms with Crippen LogP contribution in [0.4, 0.5) is 4.39 Å². The lowest BCUT2D eigenvalue weighted by molar-refractivity contribution is 0.163. The quantitative estimate of drug-likeness (QED) is 0.629. The van der Waals surface area contributed by atoms with E-state index in [-0.39, 0.29) is 5.82 Å². The van der Waals surface area contributed by atoms with Crippen molar-refractivity contribution in [1.82, 2.24) is 10.2 Å². The minimum Gasteiger partial charge on any atom is -0.314 e. The van der Waals surface area contributed by atoms with Crippen molar-refractivity contribution in [3.05, 3.63) is 34.1 Å². The van der Waals surface area contributed by atoms with Gasteiger partial charge in [0.25, 0.3) is 0 Å². The molecule has 0 bridgehead atoms. The third kappa shape index (κ3) is 6.03. The monoisotopic (exact) mass is 424 g/mol. The van der Waals surface area contributed by atoms with Crippen LogP contribution in [0.5, 0.6) is 0 Å². The van der Waals surface area contributed by atoms with E-state index in [1.165, 1.54) is 70.6 Å². The lowest BCUT2D eigenvalue weighted by Gasteiger charge is -2.34. The van der Waals surface area contributed by atoms with Crippen LogP contribution in [0.3, 0.4) is 0 Å². The molecule has 1 aliphatic carbocycles. The molecule has 0 radical (unpaired) electrons. The second kappa shape index (κ2) is 10.2. The topological polar surface area (TPSA) is 15.3 Å². The van der Waals surface area contributed by atoms with E-state index in [1.807, 2.05) is 6.07 Å². The first-order valence-corrected chi connectivity index (χ1v) is 11.3. The average Bonchev–Trinajstić information content (AvgIpc) is 2.65. The van der Waals surface area contributed by atoms with Gasteiger partial charge in [-0.2, -0.15) is 0 Å². The van der Waals surface area contributed by atoms with E-state index in [0.717, 1.165) is 35.0 Å². The summed E-state index contributed by atoms with van der Waals surface area (Å²) in [5.41, 5.74) is 1.13. The van der Waals surface area contributed by atoms with E-state index in [4.69, 9.17) is 0 Å². The van der Waals surface area contributed by atoms with Gasteiger partial charge in [-0.05, 0) is 113 Å². The number of nitrogens with one attached hydrogen (secondary N) is 1. The Bertz CT molecular complexity index is 549. The number of nitrogens with zero attached hydrogens (tertiary/aromatic N) is 1. The molecule has 0 atom stereocenters. The minimum atomic E-state index is -0.121. The number of piperidine rings is 1. The molecule has 26 heavy (non-hydrogen) atoms. The number of hydrogen-bond donors (Lipinski definition) is 1. The molecule has 2 fully saturated rings. The van der Waals surface area contributed by atoms with E-state index >= 15 is 0 Å². The molecular formula is C22H34BrFN2. The SMILES string of the molecule is CCN[C@H]1CC[C@H](CCN2CCC(Cc3cc(F)ccc3Br)CC2)CC1. The van der Waals surface area contributed by atoms with Gasteiger partial charge in [-0.1, -0.05) is 22.9 Å². The number of halogens is 2. The molecule has 2 nitrogen and oxygen atoms in total. The first kappa shape index (κ1) is 20.3. The summed E-state index contributed by atoms with van der Waals surface area (Å²) >= 11 is 3.57. The van der Waals surface area contributed by atoms with Crippen LogP contribution in [-0.2, 0) is 6.42 Å². The molecular weight excluding hydrogens is 391 g/mol. The zero-order valence-corrected chi connectivity index (χ0v) is 17.7. The molecule has 1 saturated carbocycles. The Balaban J connectivity index is 1.35. The molecule has 4 heteroatoms. The molecule has 1 aromatic rings. The maximum atomic E-state index is 13.5. The summed E-state index contributed by atoms with van der Waals surface area (Å²) in [6.07, 6.45) is 10.4. The largest absolute Gasteiger partial charge is 0.314 e. The Morgan fingerprint density at radius 3 is 2.50 bits per heavy atom. The Hall–Kier alpha value is -0.450. The van der Waals surface area contributed by atoms with Crippen LogP contribution in [-0.4, -0.2) is 37.1 Å². The van der Waals surface area contributed by atoms with Crippen molar-refractivity contribution in [1.29, 1.82) is 0 Å². The fraction of sp³-hybridized carbons (Fsp3) is 0.727. The van der Waals surface area contributed by atoms with Crippen molar-refractivity contribution < 1.29 is 4.39 Å². The Morgan fingerprint density at radius 2 is 1.81 bits per heavy atom. The second-order valence-electron chi connectivity index (χ2n) is 8.29. The Kier molecular flexibility index (Phi) is 7.95. The van der Waals surface area contributed by atoms with Gasteiger partial charge in [-0.15, -0.1) is 0 Å². The number of likely N-dealkylation sites (tertiary alicyclic amines) is 1. The van der Waals surface area contributed by atoms with E-state index in [9.17, 15) is 4.39 Å². The third-order valence-electron chi connectivity index (χ3n) is 6.42. The van der Waals surface area contributed by atoms with Gasteiger partial charge in [0.15, 0.2) is 0 Å². The lowest BCUT2D eigenvalue weighted by atomic mass is 9.83. The van der Waals surface area contributed by atoms with Gasteiger partial charge < -0.3 is 10.2 Å². The molecule has 3 rings (SSSR count). The van der Waals surface area contributed by atoms with Crippen molar-refractivity contribution in [3.63, 3.8) is 0 Å². The fourth-order valence-corrected chi connectivity index (χ4v) is 5.14. The van der Waals surface area contributed by atoms with Crippen molar-refractivity contribution in [2.45, 2.75) is 64.3 Å². The van der Waals surface area contributed by atoms with Crippen LogP contribution in [0.2, 0.25) is 0 Å². The minimum absolute atomic E-state index is 0.121. The van der Waals surface area contributed by atoms with Gasteiger partial charge in [0.05, 0.1) is 0 Å². The molecule has 1 aliphatic heterocycles. The summed E-state index contributed by atoms with van der Waals surface area (Å²) in [5, 5.41) is 3.61. The molecule has 1 heterocycles. The zero-order chi connectivity index (χ0) is 18.4. The first-order chi connectivity index (χ1) is 12.6. The predicted octanol–water partition coefficient (Wildman–Crippen LogP) is 5.40. The predicted molar refractivity (Wildman–Crippen MR) is 111 cm³/mol. The van der Waals surface area contributed by atoms with E-state index in [1.54, 1.807) is 6.07 Å². The summed E-state index contributed by atoms with van der Waals surface area (Å²) in [4.78, 5) is 2.66.